The van der Waals surface area contributed by atoms with Gasteiger partial charge in [-0.15, -0.1) is 0 Å². The topological polar surface area (TPSA) is 54.5 Å². The molecule has 7 nitrogen and oxygen atoms in total. The number of carbonyl (C=O) groups excluding carboxylic acids is 1. The highest BCUT2D eigenvalue weighted by molar-refractivity contribution is 5.93. The zero-order chi connectivity index (χ0) is 26.3. The molecule has 0 radical (unpaired) electrons. The fourth-order valence-corrected chi connectivity index (χ4v) is 5.65. The van der Waals surface area contributed by atoms with Crippen LogP contribution in [0.4, 0.5) is 10.5 Å². The van der Waals surface area contributed by atoms with E-state index >= 15 is 0 Å². The molecular formula is C31H43N3O4. The third-order valence-electron chi connectivity index (χ3n) is 8.11. The lowest BCUT2D eigenvalue weighted by Gasteiger charge is -2.36. The Kier molecular flexibility index (Phi) is 8.94. The highest BCUT2D eigenvalue weighted by Crippen LogP contribution is 2.36. The molecule has 1 aliphatic carbocycles. The maximum Gasteiger partial charge on any atom is 0.324 e. The van der Waals surface area contributed by atoms with Crippen LogP contribution < -0.4 is 19.1 Å². The Morgan fingerprint density at radius 3 is 2.45 bits per heavy atom. The van der Waals surface area contributed by atoms with Gasteiger partial charge in [-0.05, 0) is 81.3 Å². The van der Waals surface area contributed by atoms with E-state index < -0.39 is 0 Å². The number of hydrogen-bond donors (Lipinski definition) is 0. The van der Waals surface area contributed by atoms with Crippen molar-refractivity contribution in [3.8, 4) is 17.2 Å². The predicted octanol–water partition coefficient (Wildman–Crippen LogP) is 5.74. The van der Waals surface area contributed by atoms with Crippen molar-refractivity contribution in [3.05, 3.63) is 47.5 Å². The van der Waals surface area contributed by atoms with E-state index in [-0.39, 0.29) is 6.03 Å². The molecule has 0 aromatic heterocycles. The molecule has 0 bridgehead atoms. The van der Waals surface area contributed by atoms with E-state index in [0.29, 0.717) is 31.2 Å². The molecule has 3 aliphatic rings. The monoisotopic (exact) mass is 521 g/mol. The summed E-state index contributed by atoms with van der Waals surface area (Å²) in [6, 6.07) is 12.3. The van der Waals surface area contributed by atoms with Crippen molar-refractivity contribution in [2.45, 2.75) is 57.9 Å². The summed E-state index contributed by atoms with van der Waals surface area (Å²) in [5, 5.41) is 0. The van der Waals surface area contributed by atoms with E-state index in [2.05, 4.69) is 23.1 Å². The lowest BCUT2D eigenvalue weighted by molar-refractivity contribution is 0.191. The van der Waals surface area contributed by atoms with Crippen molar-refractivity contribution in [2.24, 2.45) is 5.92 Å². The zero-order valence-electron chi connectivity index (χ0n) is 23.1. The first-order chi connectivity index (χ1) is 18.6. The van der Waals surface area contributed by atoms with Crippen LogP contribution in [0.3, 0.4) is 0 Å². The zero-order valence-corrected chi connectivity index (χ0v) is 23.1. The molecule has 0 unspecified atom stereocenters. The van der Waals surface area contributed by atoms with E-state index in [9.17, 15) is 4.79 Å². The molecule has 2 amide bonds. The van der Waals surface area contributed by atoms with Gasteiger partial charge in [0.1, 0.15) is 5.75 Å². The summed E-state index contributed by atoms with van der Waals surface area (Å²) in [4.78, 5) is 19.9. The van der Waals surface area contributed by atoms with Crippen molar-refractivity contribution in [3.63, 3.8) is 0 Å². The first kappa shape index (κ1) is 26.7. The van der Waals surface area contributed by atoms with Crippen LogP contribution >= 0.6 is 0 Å². The largest absolute Gasteiger partial charge is 0.496 e. The summed E-state index contributed by atoms with van der Waals surface area (Å²) < 4.78 is 17.4. The Bertz CT molecular complexity index is 1080. The van der Waals surface area contributed by atoms with Gasteiger partial charge in [0.15, 0.2) is 11.5 Å². The molecule has 1 saturated carbocycles. The van der Waals surface area contributed by atoms with Crippen LogP contribution in [0.15, 0.2) is 36.4 Å². The number of anilines is 1. The highest BCUT2D eigenvalue weighted by atomic mass is 16.5. The maximum atomic E-state index is 13.6. The quantitative estimate of drug-likeness (QED) is 0.315. The Morgan fingerprint density at radius 2 is 1.68 bits per heavy atom. The Morgan fingerprint density at radius 1 is 0.868 bits per heavy atom. The lowest BCUT2D eigenvalue weighted by Crippen LogP contribution is -2.49. The van der Waals surface area contributed by atoms with E-state index in [4.69, 9.17) is 14.2 Å². The molecule has 2 heterocycles. The SMILES string of the molecule is COc1cc(CCN2CCCC2)ccc1CN1CCCN(c2ccc(OC)c(OCCCC3CC3)c2)C1=O. The van der Waals surface area contributed by atoms with Crippen LogP contribution in [-0.2, 0) is 13.0 Å². The van der Waals surface area contributed by atoms with Crippen LogP contribution in [0.2, 0.25) is 0 Å². The Balaban J connectivity index is 1.23. The number of benzene rings is 2. The number of methoxy groups -OCH3 is 2. The van der Waals surface area contributed by atoms with Crippen LogP contribution in [0.25, 0.3) is 0 Å². The number of likely N-dealkylation sites (tertiary alicyclic amines) is 1. The van der Waals surface area contributed by atoms with Gasteiger partial charge >= 0.3 is 6.03 Å². The smallest absolute Gasteiger partial charge is 0.324 e. The molecule has 0 atom stereocenters. The average Bonchev–Trinajstić information content (AvgIpc) is 3.62. The number of amides is 2. The van der Waals surface area contributed by atoms with Crippen molar-refractivity contribution in [1.29, 1.82) is 0 Å². The van der Waals surface area contributed by atoms with E-state index in [1.165, 1.54) is 50.8 Å². The number of carbonyl (C=O) groups is 1. The van der Waals surface area contributed by atoms with Crippen LogP contribution in [0.1, 0.15) is 56.1 Å². The van der Waals surface area contributed by atoms with Gasteiger partial charge in [-0.25, -0.2) is 4.79 Å². The van der Waals surface area contributed by atoms with Gasteiger partial charge in [0.25, 0.3) is 0 Å². The molecule has 206 valence electrons. The third kappa shape index (κ3) is 6.73. The van der Waals surface area contributed by atoms with E-state index in [0.717, 1.165) is 55.3 Å². The van der Waals surface area contributed by atoms with Crippen molar-refractivity contribution < 1.29 is 19.0 Å². The number of rotatable bonds is 13. The van der Waals surface area contributed by atoms with E-state index in [1.807, 2.05) is 28.0 Å². The van der Waals surface area contributed by atoms with Gasteiger partial charge in [-0.1, -0.05) is 25.0 Å². The maximum absolute atomic E-state index is 13.6. The molecule has 2 saturated heterocycles. The minimum Gasteiger partial charge on any atom is -0.496 e. The second-order valence-corrected chi connectivity index (χ2v) is 10.9. The fraction of sp³-hybridized carbons (Fsp3) is 0.581. The van der Waals surface area contributed by atoms with Gasteiger partial charge < -0.3 is 24.0 Å². The van der Waals surface area contributed by atoms with Gasteiger partial charge in [0, 0.05) is 37.0 Å². The summed E-state index contributed by atoms with van der Waals surface area (Å²) in [7, 11) is 3.38. The average molecular weight is 522 g/mol. The predicted molar refractivity (Wildman–Crippen MR) is 151 cm³/mol. The molecular weight excluding hydrogens is 478 g/mol. The summed E-state index contributed by atoms with van der Waals surface area (Å²) in [6.07, 6.45) is 9.56. The molecule has 0 N–H and O–H groups in total. The highest BCUT2D eigenvalue weighted by Gasteiger charge is 2.28. The number of urea groups is 1. The normalized spacial score (nSPS) is 18.2. The first-order valence-electron chi connectivity index (χ1n) is 14.4. The van der Waals surface area contributed by atoms with E-state index in [1.54, 1.807) is 14.2 Å². The van der Waals surface area contributed by atoms with Crippen molar-refractivity contribution in [1.82, 2.24) is 9.80 Å². The lowest BCUT2D eigenvalue weighted by atomic mass is 10.1. The van der Waals surface area contributed by atoms with Crippen molar-refractivity contribution >= 4 is 11.7 Å². The van der Waals surface area contributed by atoms with Gasteiger partial charge in [-0.3, -0.25) is 4.90 Å². The summed E-state index contributed by atoms with van der Waals surface area (Å²) in [5.74, 6) is 3.17. The van der Waals surface area contributed by atoms with Crippen LogP contribution in [0.5, 0.6) is 17.2 Å². The standard InChI is InChI=1S/C31H43N3O4/c1-36-28-13-12-27(22-30(28)38-20-5-7-24-8-9-24)34-18-6-17-33(31(34)35)23-26-11-10-25(21-29(26)37-2)14-19-32-15-3-4-16-32/h10-13,21-22,24H,3-9,14-20,23H2,1-2H3. The summed E-state index contributed by atoms with van der Waals surface area (Å²) in [6.45, 7) is 6.15. The molecule has 2 aromatic rings. The minimum atomic E-state index is 0.0151. The van der Waals surface area contributed by atoms with Crippen LogP contribution in [-0.4, -0.2) is 69.4 Å². The summed E-state index contributed by atoms with van der Waals surface area (Å²) in [5.41, 5.74) is 3.18. The number of nitrogens with zero attached hydrogens (tertiary/aromatic N) is 3. The Labute approximate surface area is 227 Å². The molecule has 38 heavy (non-hydrogen) atoms. The van der Waals surface area contributed by atoms with Gasteiger partial charge in [0.2, 0.25) is 0 Å². The fourth-order valence-electron chi connectivity index (χ4n) is 5.65. The molecule has 5 rings (SSSR count). The third-order valence-corrected chi connectivity index (χ3v) is 8.11. The Hall–Kier alpha value is -2.93. The molecule has 2 aliphatic heterocycles. The minimum absolute atomic E-state index is 0.0151. The van der Waals surface area contributed by atoms with Gasteiger partial charge in [-0.2, -0.15) is 0 Å². The molecule has 7 heteroatoms. The van der Waals surface area contributed by atoms with Crippen molar-refractivity contribution in [2.75, 3.05) is 58.5 Å². The van der Waals surface area contributed by atoms with Gasteiger partial charge in [0.05, 0.1) is 27.4 Å². The number of hydrogen-bond acceptors (Lipinski definition) is 5. The molecule has 3 fully saturated rings. The van der Waals surface area contributed by atoms with Crippen LogP contribution in [0, 0.1) is 5.92 Å². The molecule has 2 aromatic carbocycles. The number of ether oxygens (including phenoxy) is 3. The molecule has 0 spiro atoms. The summed E-state index contributed by atoms with van der Waals surface area (Å²) >= 11 is 0. The first-order valence-corrected chi connectivity index (χ1v) is 14.4. The second-order valence-electron chi connectivity index (χ2n) is 10.9. The second kappa shape index (κ2) is 12.7.